The number of aryl methyl sites for hydroxylation is 1. The van der Waals surface area contributed by atoms with E-state index in [0.717, 1.165) is 5.56 Å². The van der Waals surface area contributed by atoms with E-state index in [1.807, 2.05) is 19.3 Å². The number of aromatic nitrogens is 2. The second-order valence-corrected chi connectivity index (χ2v) is 3.54. The van der Waals surface area contributed by atoms with Gasteiger partial charge in [0.1, 0.15) is 6.26 Å². The van der Waals surface area contributed by atoms with E-state index in [1.165, 1.54) is 10.9 Å². The zero-order chi connectivity index (χ0) is 10.3. The molecule has 1 aromatic carbocycles. The summed E-state index contributed by atoms with van der Waals surface area (Å²) in [4.78, 5) is 4.13. The summed E-state index contributed by atoms with van der Waals surface area (Å²) >= 11 is 0. The van der Waals surface area contributed by atoms with Crippen LogP contribution in [-0.4, -0.2) is 9.55 Å². The Morgan fingerprint density at radius 1 is 1.27 bits per heavy atom. The predicted octanol–water partition coefficient (Wildman–Crippen LogP) is 2.83. The van der Waals surface area contributed by atoms with Crippen LogP contribution in [0.3, 0.4) is 0 Å². The van der Waals surface area contributed by atoms with Gasteiger partial charge >= 0.3 is 0 Å². The standard InChI is InChI=1S/C12H10N2O/c1-14-6-4-9-2-3-10(8-11(9)14)12-13-5-7-15-12/h2-8H,1H3. The molecule has 0 saturated carbocycles. The number of hydrogen-bond acceptors (Lipinski definition) is 2. The average Bonchev–Trinajstić information content (AvgIpc) is 2.88. The van der Waals surface area contributed by atoms with Crippen molar-refractivity contribution in [3.63, 3.8) is 0 Å². The van der Waals surface area contributed by atoms with Crippen molar-refractivity contribution in [3.8, 4) is 11.5 Å². The molecule has 0 aliphatic heterocycles. The largest absolute Gasteiger partial charge is 0.445 e. The molecule has 15 heavy (non-hydrogen) atoms. The van der Waals surface area contributed by atoms with E-state index in [9.17, 15) is 0 Å². The highest BCUT2D eigenvalue weighted by atomic mass is 16.3. The maximum absolute atomic E-state index is 5.26. The van der Waals surface area contributed by atoms with Crippen LogP contribution in [0.5, 0.6) is 0 Å². The third-order valence-corrected chi connectivity index (χ3v) is 2.57. The van der Waals surface area contributed by atoms with E-state index in [2.05, 4.69) is 27.8 Å². The second kappa shape index (κ2) is 2.98. The average molecular weight is 198 g/mol. The lowest BCUT2D eigenvalue weighted by atomic mass is 10.1. The molecule has 0 unspecified atom stereocenters. The molecular formula is C12H10N2O. The second-order valence-electron chi connectivity index (χ2n) is 3.54. The molecule has 0 aliphatic rings. The van der Waals surface area contributed by atoms with E-state index in [4.69, 9.17) is 4.42 Å². The molecule has 0 saturated heterocycles. The van der Waals surface area contributed by atoms with E-state index in [-0.39, 0.29) is 0 Å². The molecule has 0 bridgehead atoms. The van der Waals surface area contributed by atoms with Crippen molar-refractivity contribution in [1.29, 1.82) is 0 Å². The van der Waals surface area contributed by atoms with Gasteiger partial charge in [-0.2, -0.15) is 0 Å². The van der Waals surface area contributed by atoms with Crippen LogP contribution in [0.1, 0.15) is 0 Å². The summed E-state index contributed by atoms with van der Waals surface area (Å²) in [7, 11) is 2.03. The fourth-order valence-corrected chi connectivity index (χ4v) is 1.76. The summed E-state index contributed by atoms with van der Waals surface area (Å²) in [6, 6.07) is 8.28. The number of nitrogens with zero attached hydrogens (tertiary/aromatic N) is 2. The quantitative estimate of drug-likeness (QED) is 0.602. The molecule has 0 N–H and O–H groups in total. The van der Waals surface area contributed by atoms with E-state index >= 15 is 0 Å². The highest BCUT2D eigenvalue weighted by Crippen LogP contribution is 2.23. The number of fused-ring (bicyclic) bond motifs is 1. The Labute approximate surface area is 87.0 Å². The van der Waals surface area contributed by atoms with E-state index < -0.39 is 0 Å². The molecule has 0 atom stereocenters. The monoisotopic (exact) mass is 198 g/mol. The number of oxazole rings is 1. The van der Waals surface area contributed by atoms with Crippen molar-refractivity contribution in [2.24, 2.45) is 7.05 Å². The molecule has 0 radical (unpaired) electrons. The van der Waals surface area contributed by atoms with Gasteiger partial charge in [0.15, 0.2) is 0 Å². The zero-order valence-corrected chi connectivity index (χ0v) is 8.34. The van der Waals surface area contributed by atoms with Crippen molar-refractivity contribution < 1.29 is 4.42 Å². The Morgan fingerprint density at radius 2 is 2.20 bits per heavy atom. The Balaban J connectivity index is 2.25. The molecule has 0 spiro atoms. The van der Waals surface area contributed by atoms with Gasteiger partial charge in [0.25, 0.3) is 0 Å². The predicted molar refractivity (Wildman–Crippen MR) is 58.4 cm³/mol. The first-order valence-corrected chi connectivity index (χ1v) is 4.79. The summed E-state index contributed by atoms with van der Waals surface area (Å²) in [6.45, 7) is 0. The topological polar surface area (TPSA) is 31.0 Å². The molecular weight excluding hydrogens is 188 g/mol. The van der Waals surface area contributed by atoms with Crippen LogP contribution in [0, 0.1) is 0 Å². The lowest BCUT2D eigenvalue weighted by Crippen LogP contribution is -1.84. The molecule has 0 fully saturated rings. The van der Waals surface area contributed by atoms with Gasteiger partial charge in [-0.1, -0.05) is 6.07 Å². The summed E-state index contributed by atoms with van der Waals surface area (Å²) in [5, 5.41) is 1.23. The highest BCUT2D eigenvalue weighted by Gasteiger charge is 2.04. The summed E-state index contributed by atoms with van der Waals surface area (Å²) in [5.74, 6) is 0.665. The molecule has 74 valence electrons. The normalized spacial score (nSPS) is 11.0. The first kappa shape index (κ1) is 8.29. The minimum atomic E-state index is 0.665. The first-order chi connectivity index (χ1) is 7.34. The molecule has 0 amide bonds. The van der Waals surface area contributed by atoms with Crippen molar-refractivity contribution in [3.05, 3.63) is 42.9 Å². The van der Waals surface area contributed by atoms with Crippen LogP contribution >= 0.6 is 0 Å². The summed E-state index contributed by atoms with van der Waals surface area (Å²) in [6.07, 6.45) is 5.29. The Hall–Kier alpha value is -2.03. The molecule has 3 nitrogen and oxygen atoms in total. The number of benzene rings is 1. The fraction of sp³-hybridized carbons (Fsp3) is 0.0833. The van der Waals surface area contributed by atoms with Crippen molar-refractivity contribution in [2.75, 3.05) is 0 Å². The van der Waals surface area contributed by atoms with E-state index in [1.54, 1.807) is 12.5 Å². The van der Waals surface area contributed by atoms with Crippen LogP contribution in [0.25, 0.3) is 22.4 Å². The van der Waals surface area contributed by atoms with Gasteiger partial charge in [-0.3, -0.25) is 0 Å². The minimum absolute atomic E-state index is 0.665. The van der Waals surface area contributed by atoms with Gasteiger partial charge in [-0.15, -0.1) is 0 Å². The molecule has 0 aliphatic carbocycles. The summed E-state index contributed by atoms with van der Waals surface area (Å²) in [5.41, 5.74) is 2.19. The summed E-state index contributed by atoms with van der Waals surface area (Å²) < 4.78 is 7.35. The van der Waals surface area contributed by atoms with Gasteiger partial charge in [-0.05, 0) is 23.6 Å². The maximum atomic E-state index is 5.26. The number of hydrogen-bond donors (Lipinski definition) is 0. The molecule has 2 heterocycles. The van der Waals surface area contributed by atoms with Crippen LogP contribution in [0.4, 0.5) is 0 Å². The molecule has 3 rings (SSSR count). The Morgan fingerprint density at radius 3 is 3.00 bits per heavy atom. The smallest absolute Gasteiger partial charge is 0.225 e. The van der Waals surface area contributed by atoms with Crippen molar-refractivity contribution in [2.45, 2.75) is 0 Å². The first-order valence-electron chi connectivity index (χ1n) is 4.79. The minimum Gasteiger partial charge on any atom is -0.445 e. The van der Waals surface area contributed by atoms with Crippen LogP contribution < -0.4 is 0 Å². The van der Waals surface area contributed by atoms with Crippen LogP contribution in [-0.2, 0) is 7.05 Å². The zero-order valence-electron chi connectivity index (χ0n) is 8.34. The van der Waals surface area contributed by atoms with Gasteiger partial charge in [0, 0.05) is 24.3 Å². The molecule has 3 heteroatoms. The Kier molecular flexibility index (Phi) is 1.65. The third-order valence-electron chi connectivity index (χ3n) is 2.57. The Bertz CT molecular complexity index is 593. The third kappa shape index (κ3) is 1.24. The van der Waals surface area contributed by atoms with Crippen LogP contribution in [0.15, 0.2) is 47.3 Å². The van der Waals surface area contributed by atoms with E-state index in [0.29, 0.717) is 5.89 Å². The highest BCUT2D eigenvalue weighted by molar-refractivity contribution is 5.84. The lowest BCUT2D eigenvalue weighted by Gasteiger charge is -1.98. The SMILES string of the molecule is Cn1ccc2ccc(-c3ncco3)cc21. The van der Waals surface area contributed by atoms with Gasteiger partial charge < -0.3 is 8.98 Å². The van der Waals surface area contributed by atoms with Crippen molar-refractivity contribution in [1.82, 2.24) is 9.55 Å². The van der Waals surface area contributed by atoms with Crippen LogP contribution in [0.2, 0.25) is 0 Å². The lowest BCUT2D eigenvalue weighted by molar-refractivity contribution is 0.574. The number of rotatable bonds is 1. The van der Waals surface area contributed by atoms with Gasteiger partial charge in [0.2, 0.25) is 5.89 Å². The maximum Gasteiger partial charge on any atom is 0.225 e. The fourth-order valence-electron chi connectivity index (χ4n) is 1.76. The van der Waals surface area contributed by atoms with Crippen molar-refractivity contribution >= 4 is 10.9 Å². The van der Waals surface area contributed by atoms with Gasteiger partial charge in [0.05, 0.1) is 6.20 Å². The molecule has 3 aromatic rings. The molecule has 2 aromatic heterocycles. The van der Waals surface area contributed by atoms with Gasteiger partial charge in [-0.25, -0.2) is 4.98 Å².